The Morgan fingerprint density at radius 1 is 1.35 bits per heavy atom. The molecule has 3 nitrogen and oxygen atoms in total. The summed E-state index contributed by atoms with van der Waals surface area (Å²) in [6, 6.07) is 11.9. The maximum Gasteiger partial charge on any atom is 0.224 e. The topological polar surface area (TPSA) is 38.3 Å². The summed E-state index contributed by atoms with van der Waals surface area (Å²) in [5.74, 6) is 1.59. The fourth-order valence-electron chi connectivity index (χ4n) is 2.37. The van der Waals surface area contributed by atoms with Crippen LogP contribution in [0, 0.1) is 5.92 Å². The SMILES string of the molecule is COc1ccc(CNC(=O)C2CC2c2cccs2)cc1. The second-order valence-electron chi connectivity index (χ2n) is 5.03. The maximum absolute atomic E-state index is 12.1. The normalized spacial score (nSPS) is 20.4. The largest absolute Gasteiger partial charge is 0.497 e. The second kappa shape index (κ2) is 5.67. The van der Waals surface area contributed by atoms with Gasteiger partial charge in [-0.1, -0.05) is 18.2 Å². The number of carbonyl (C=O) groups excluding carboxylic acids is 1. The van der Waals surface area contributed by atoms with E-state index in [0.717, 1.165) is 17.7 Å². The van der Waals surface area contributed by atoms with Gasteiger partial charge in [-0.15, -0.1) is 11.3 Å². The summed E-state index contributed by atoms with van der Waals surface area (Å²) in [4.78, 5) is 13.4. The summed E-state index contributed by atoms with van der Waals surface area (Å²) < 4.78 is 5.11. The zero-order valence-corrected chi connectivity index (χ0v) is 12.2. The van der Waals surface area contributed by atoms with Crippen LogP contribution in [0.5, 0.6) is 5.75 Å². The van der Waals surface area contributed by atoms with Crippen LogP contribution in [0.4, 0.5) is 0 Å². The average Bonchev–Trinajstić information content (AvgIpc) is 3.11. The first-order valence-electron chi connectivity index (χ1n) is 6.72. The van der Waals surface area contributed by atoms with Crippen molar-refractivity contribution >= 4 is 17.2 Å². The molecule has 2 atom stereocenters. The third-order valence-corrected chi connectivity index (χ3v) is 4.67. The Bertz CT molecular complexity index is 577. The van der Waals surface area contributed by atoms with E-state index >= 15 is 0 Å². The van der Waals surface area contributed by atoms with Crippen LogP contribution >= 0.6 is 11.3 Å². The van der Waals surface area contributed by atoms with Gasteiger partial charge in [-0.3, -0.25) is 4.79 Å². The Morgan fingerprint density at radius 3 is 2.80 bits per heavy atom. The van der Waals surface area contributed by atoms with Crippen molar-refractivity contribution in [3.05, 3.63) is 52.2 Å². The fraction of sp³-hybridized carbons (Fsp3) is 0.312. The zero-order chi connectivity index (χ0) is 13.9. The van der Waals surface area contributed by atoms with Crippen LogP contribution in [0.2, 0.25) is 0 Å². The van der Waals surface area contributed by atoms with Crippen molar-refractivity contribution in [3.63, 3.8) is 0 Å². The lowest BCUT2D eigenvalue weighted by molar-refractivity contribution is -0.122. The minimum Gasteiger partial charge on any atom is -0.497 e. The molecular formula is C16H17NO2S. The molecule has 0 bridgehead atoms. The number of amides is 1. The van der Waals surface area contributed by atoms with E-state index in [2.05, 4.69) is 16.8 Å². The molecule has 1 aliphatic carbocycles. The number of ether oxygens (including phenoxy) is 1. The van der Waals surface area contributed by atoms with Crippen LogP contribution < -0.4 is 10.1 Å². The predicted octanol–water partition coefficient (Wildman–Crippen LogP) is 3.18. The van der Waals surface area contributed by atoms with E-state index in [-0.39, 0.29) is 11.8 Å². The molecule has 1 aromatic heterocycles. The van der Waals surface area contributed by atoms with Crippen molar-refractivity contribution in [1.29, 1.82) is 0 Å². The lowest BCUT2D eigenvalue weighted by atomic mass is 10.2. The molecule has 1 heterocycles. The number of methoxy groups -OCH3 is 1. The van der Waals surface area contributed by atoms with Crippen molar-refractivity contribution in [2.24, 2.45) is 5.92 Å². The van der Waals surface area contributed by atoms with Gasteiger partial charge in [0.15, 0.2) is 0 Å². The van der Waals surface area contributed by atoms with Gasteiger partial charge in [-0.2, -0.15) is 0 Å². The molecule has 3 rings (SSSR count). The number of nitrogens with one attached hydrogen (secondary N) is 1. The summed E-state index contributed by atoms with van der Waals surface area (Å²) in [6.07, 6.45) is 0.981. The van der Waals surface area contributed by atoms with Gasteiger partial charge >= 0.3 is 0 Å². The number of hydrogen-bond donors (Lipinski definition) is 1. The van der Waals surface area contributed by atoms with Gasteiger partial charge in [-0.25, -0.2) is 0 Å². The molecule has 2 unspecified atom stereocenters. The summed E-state index contributed by atoms with van der Waals surface area (Å²) in [5.41, 5.74) is 1.09. The molecular weight excluding hydrogens is 270 g/mol. The van der Waals surface area contributed by atoms with Crippen molar-refractivity contribution in [1.82, 2.24) is 5.32 Å². The molecule has 0 aliphatic heterocycles. The standard InChI is InChI=1S/C16H17NO2S/c1-19-12-6-4-11(5-7-12)10-17-16(18)14-9-13(14)15-3-2-8-20-15/h2-8,13-14H,9-10H2,1H3,(H,17,18). The van der Waals surface area contributed by atoms with Crippen molar-refractivity contribution in [2.45, 2.75) is 18.9 Å². The van der Waals surface area contributed by atoms with Gasteiger partial charge in [0.1, 0.15) is 5.75 Å². The van der Waals surface area contributed by atoms with Gasteiger partial charge < -0.3 is 10.1 Å². The van der Waals surface area contributed by atoms with Crippen molar-refractivity contribution in [3.8, 4) is 5.75 Å². The third kappa shape index (κ3) is 2.85. The summed E-state index contributed by atoms with van der Waals surface area (Å²) in [7, 11) is 1.65. The number of benzene rings is 1. The molecule has 0 radical (unpaired) electrons. The van der Waals surface area contributed by atoms with Crippen LogP contribution in [-0.4, -0.2) is 13.0 Å². The van der Waals surface area contributed by atoms with Crippen LogP contribution in [0.3, 0.4) is 0 Å². The van der Waals surface area contributed by atoms with E-state index in [1.54, 1.807) is 18.4 Å². The molecule has 1 amide bonds. The summed E-state index contributed by atoms with van der Waals surface area (Å²) >= 11 is 1.74. The highest BCUT2D eigenvalue weighted by atomic mass is 32.1. The van der Waals surface area contributed by atoms with E-state index in [1.165, 1.54) is 4.88 Å². The molecule has 1 aliphatic rings. The van der Waals surface area contributed by atoms with Gasteiger partial charge in [0, 0.05) is 23.3 Å². The molecule has 0 saturated heterocycles. The molecule has 1 aromatic carbocycles. The number of carbonyl (C=O) groups is 1. The quantitative estimate of drug-likeness (QED) is 0.917. The summed E-state index contributed by atoms with van der Waals surface area (Å²) in [5, 5.41) is 5.08. The number of hydrogen-bond acceptors (Lipinski definition) is 3. The molecule has 1 N–H and O–H groups in total. The van der Waals surface area contributed by atoms with Crippen LogP contribution in [-0.2, 0) is 11.3 Å². The smallest absolute Gasteiger partial charge is 0.224 e. The van der Waals surface area contributed by atoms with Gasteiger partial charge in [0.2, 0.25) is 5.91 Å². The first kappa shape index (κ1) is 13.2. The van der Waals surface area contributed by atoms with E-state index < -0.39 is 0 Å². The van der Waals surface area contributed by atoms with Gasteiger partial charge in [0.25, 0.3) is 0 Å². The fourth-order valence-corrected chi connectivity index (χ4v) is 3.27. The van der Waals surface area contributed by atoms with Gasteiger partial charge in [0.05, 0.1) is 7.11 Å². The van der Waals surface area contributed by atoms with E-state index in [0.29, 0.717) is 12.5 Å². The average molecular weight is 287 g/mol. The van der Waals surface area contributed by atoms with Crippen LogP contribution in [0.15, 0.2) is 41.8 Å². The lowest BCUT2D eigenvalue weighted by Gasteiger charge is -2.06. The minimum atomic E-state index is 0.159. The Morgan fingerprint density at radius 2 is 2.15 bits per heavy atom. The lowest BCUT2D eigenvalue weighted by Crippen LogP contribution is -2.24. The monoisotopic (exact) mass is 287 g/mol. The van der Waals surface area contributed by atoms with Gasteiger partial charge in [-0.05, 0) is 35.6 Å². The van der Waals surface area contributed by atoms with Crippen molar-refractivity contribution in [2.75, 3.05) is 7.11 Å². The Labute approximate surface area is 122 Å². The first-order chi connectivity index (χ1) is 9.78. The molecule has 20 heavy (non-hydrogen) atoms. The molecule has 0 spiro atoms. The molecule has 4 heteroatoms. The van der Waals surface area contributed by atoms with E-state index in [1.807, 2.05) is 30.3 Å². The maximum atomic E-state index is 12.1. The Kier molecular flexibility index (Phi) is 3.74. The highest BCUT2D eigenvalue weighted by molar-refractivity contribution is 7.10. The van der Waals surface area contributed by atoms with E-state index in [9.17, 15) is 4.79 Å². The third-order valence-electron chi connectivity index (χ3n) is 3.66. The molecule has 2 aromatic rings. The van der Waals surface area contributed by atoms with Crippen molar-refractivity contribution < 1.29 is 9.53 Å². The zero-order valence-electron chi connectivity index (χ0n) is 11.3. The second-order valence-corrected chi connectivity index (χ2v) is 6.01. The number of rotatable bonds is 5. The molecule has 104 valence electrons. The molecule has 1 saturated carbocycles. The van der Waals surface area contributed by atoms with Crippen LogP contribution in [0.25, 0.3) is 0 Å². The minimum absolute atomic E-state index is 0.159. The predicted molar refractivity (Wildman–Crippen MR) is 80.0 cm³/mol. The Balaban J connectivity index is 1.50. The van der Waals surface area contributed by atoms with Crippen LogP contribution in [0.1, 0.15) is 22.8 Å². The highest BCUT2D eigenvalue weighted by Gasteiger charge is 2.44. The highest BCUT2D eigenvalue weighted by Crippen LogP contribution is 2.49. The molecule has 1 fully saturated rings. The summed E-state index contributed by atoms with van der Waals surface area (Å²) in [6.45, 7) is 0.580. The van der Waals surface area contributed by atoms with E-state index in [4.69, 9.17) is 4.74 Å². The Hall–Kier alpha value is -1.81. The first-order valence-corrected chi connectivity index (χ1v) is 7.60. The number of thiophene rings is 1.